The molecule has 4 rings (SSSR count). The molecule has 0 amide bonds. The van der Waals surface area contributed by atoms with Crippen LogP contribution in [0, 0.1) is 0 Å². The van der Waals surface area contributed by atoms with Crippen molar-refractivity contribution < 1.29 is 47.2 Å². The maximum Gasteiger partial charge on any atom is 0.494 e. The molecule has 1 saturated heterocycles. The van der Waals surface area contributed by atoms with Gasteiger partial charge < -0.3 is 29.2 Å². The largest absolute Gasteiger partial charge is 0.496 e. The Morgan fingerprint density at radius 1 is 1.05 bits per heavy atom. The number of hydrogen-bond acceptors (Lipinski definition) is 7. The van der Waals surface area contributed by atoms with Crippen molar-refractivity contribution in [3.63, 3.8) is 0 Å². The van der Waals surface area contributed by atoms with Crippen LogP contribution < -0.4 is 15.7 Å². The van der Waals surface area contributed by atoms with Gasteiger partial charge in [-0.3, -0.25) is 4.79 Å². The molecule has 1 fully saturated rings. The van der Waals surface area contributed by atoms with E-state index in [1.807, 2.05) is 0 Å². The average Bonchev–Trinajstić information content (AvgIpc) is 3.11. The lowest BCUT2D eigenvalue weighted by Crippen LogP contribution is -2.46. The lowest BCUT2D eigenvalue weighted by molar-refractivity contribution is -0.141. The summed E-state index contributed by atoms with van der Waals surface area (Å²) >= 11 is 0. The Kier molecular flexibility index (Phi) is 8.56. The Labute approximate surface area is 236 Å². The third kappa shape index (κ3) is 6.92. The minimum atomic E-state index is -4.73. The van der Waals surface area contributed by atoms with Crippen LogP contribution in [-0.2, 0) is 39.5 Å². The monoisotopic (exact) mass is 571 g/mol. The zero-order valence-corrected chi connectivity index (χ0v) is 23.0. The highest BCUT2D eigenvalue weighted by atomic mass is 19.4. The Morgan fingerprint density at radius 2 is 1.78 bits per heavy atom. The number of methoxy groups -OCH3 is 1. The molecule has 2 aromatic carbocycles. The molecule has 0 saturated carbocycles. The smallest absolute Gasteiger partial charge is 0.494 e. The van der Waals surface area contributed by atoms with Crippen LogP contribution in [0.5, 0.6) is 5.75 Å². The zero-order chi connectivity index (χ0) is 30.2. The van der Waals surface area contributed by atoms with Gasteiger partial charge in [-0.15, -0.1) is 0 Å². The zero-order valence-electron chi connectivity index (χ0n) is 23.0. The van der Waals surface area contributed by atoms with Crippen molar-refractivity contribution in [2.45, 2.75) is 57.4 Å². The molecule has 1 aliphatic heterocycles. The molecule has 0 spiro atoms. The lowest BCUT2D eigenvalue weighted by atomic mass is 9.77. The SMILES string of the molecule is COc1ccc(Cc2cc(B3OC(C)(C)C(C)(Cc4cccc(B(O)O)c4)O3)cc(C(F)(F)F)n2)cc1CC(=O)O. The first-order valence-corrected chi connectivity index (χ1v) is 12.9. The number of pyridine rings is 1. The second kappa shape index (κ2) is 11.5. The molecule has 41 heavy (non-hydrogen) atoms. The van der Waals surface area contributed by atoms with Gasteiger partial charge in [0.2, 0.25) is 0 Å². The van der Waals surface area contributed by atoms with Gasteiger partial charge in [0.1, 0.15) is 11.4 Å². The summed E-state index contributed by atoms with van der Waals surface area (Å²) in [6, 6.07) is 13.9. The second-order valence-electron chi connectivity index (χ2n) is 10.8. The molecule has 1 unspecified atom stereocenters. The molecule has 13 heteroatoms. The van der Waals surface area contributed by atoms with Gasteiger partial charge >= 0.3 is 26.4 Å². The van der Waals surface area contributed by atoms with Gasteiger partial charge in [0, 0.05) is 24.1 Å². The summed E-state index contributed by atoms with van der Waals surface area (Å²) in [7, 11) is -1.38. The number of alkyl halides is 3. The first-order valence-electron chi connectivity index (χ1n) is 12.9. The molecule has 1 aromatic heterocycles. The van der Waals surface area contributed by atoms with E-state index in [1.54, 1.807) is 63.2 Å². The predicted molar refractivity (Wildman–Crippen MR) is 146 cm³/mol. The van der Waals surface area contributed by atoms with Gasteiger partial charge in [0.05, 0.1) is 24.7 Å². The first kappa shape index (κ1) is 30.6. The normalized spacial score (nSPS) is 18.4. The summed E-state index contributed by atoms with van der Waals surface area (Å²) in [4.78, 5) is 15.1. The van der Waals surface area contributed by atoms with Gasteiger partial charge in [0.25, 0.3) is 0 Å². The molecule has 1 atom stereocenters. The fourth-order valence-electron chi connectivity index (χ4n) is 4.87. The van der Waals surface area contributed by atoms with Crippen molar-refractivity contribution in [3.05, 3.63) is 82.7 Å². The van der Waals surface area contributed by atoms with Crippen LogP contribution in [0.3, 0.4) is 0 Å². The molecule has 2 heterocycles. The number of benzene rings is 2. The Hall–Kier alpha value is -3.38. The summed E-state index contributed by atoms with van der Waals surface area (Å²) in [5, 5.41) is 28.3. The van der Waals surface area contributed by atoms with Crippen LogP contribution in [0.2, 0.25) is 0 Å². The number of ether oxygens (including phenoxy) is 1. The number of carboxylic acids is 1. The van der Waals surface area contributed by atoms with Crippen LogP contribution in [-0.4, -0.2) is 58.7 Å². The minimum Gasteiger partial charge on any atom is -0.496 e. The van der Waals surface area contributed by atoms with E-state index in [9.17, 15) is 33.1 Å². The summed E-state index contributed by atoms with van der Waals surface area (Å²) in [5.41, 5.74) is -0.798. The predicted octanol–water partition coefficient (Wildman–Crippen LogP) is 2.53. The number of halogens is 3. The highest BCUT2D eigenvalue weighted by molar-refractivity contribution is 6.62. The van der Waals surface area contributed by atoms with E-state index in [1.165, 1.54) is 13.2 Å². The number of aliphatic carboxylic acids is 1. The number of carboxylic acid groups (broad SMARTS) is 1. The Bertz CT molecular complexity index is 1430. The average molecular weight is 571 g/mol. The minimum absolute atomic E-state index is 0.00279. The van der Waals surface area contributed by atoms with Crippen molar-refractivity contribution >= 4 is 31.1 Å². The fraction of sp³-hybridized carbons (Fsp3) is 0.357. The third-order valence-corrected chi connectivity index (χ3v) is 7.37. The fourth-order valence-corrected chi connectivity index (χ4v) is 4.87. The Balaban J connectivity index is 1.66. The van der Waals surface area contributed by atoms with Crippen LogP contribution in [0.1, 0.15) is 48.8 Å². The first-order chi connectivity index (χ1) is 19.1. The maximum absolute atomic E-state index is 13.9. The molecular weight excluding hydrogens is 541 g/mol. The van der Waals surface area contributed by atoms with Gasteiger partial charge in [-0.05, 0) is 61.0 Å². The second-order valence-corrected chi connectivity index (χ2v) is 10.8. The molecule has 216 valence electrons. The van der Waals surface area contributed by atoms with Gasteiger partial charge in [-0.25, -0.2) is 4.98 Å². The summed E-state index contributed by atoms with van der Waals surface area (Å²) < 4.78 is 59.4. The van der Waals surface area contributed by atoms with Crippen LogP contribution >= 0.6 is 0 Å². The highest BCUT2D eigenvalue weighted by Crippen LogP contribution is 2.40. The number of nitrogens with zero attached hydrogens (tertiary/aromatic N) is 1. The van der Waals surface area contributed by atoms with Crippen molar-refractivity contribution in [1.29, 1.82) is 0 Å². The molecule has 8 nitrogen and oxygen atoms in total. The number of aromatic nitrogens is 1. The lowest BCUT2D eigenvalue weighted by Gasteiger charge is -2.36. The third-order valence-electron chi connectivity index (χ3n) is 7.37. The number of hydrogen-bond donors (Lipinski definition) is 3. The summed E-state index contributed by atoms with van der Waals surface area (Å²) in [6.07, 6.45) is -4.76. The number of carbonyl (C=O) groups is 1. The van der Waals surface area contributed by atoms with E-state index < -0.39 is 43.3 Å². The van der Waals surface area contributed by atoms with E-state index in [4.69, 9.17) is 14.0 Å². The number of rotatable bonds is 9. The topological polar surface area (TPSA) is 118 Å². The standard InChI is InChI=1S/C28H30B2F3NO7/c1-26(2)27(3,16-18-6-5-7-20(11-18)29(37)38)41-30(40-26)21-14-22(34-24(15-21)28(31,32)33)12-17-8-9-23(39-4)19(10-17)13-25(35)36/h5-11,14-15,37-38H,12-13,16H2,1-4H3,(H,35,36). The highest BCUT2D eigenvalue weighted by Gasteiger charge is 2.55. The molecule has 3 N–H and O–H groups in total. The van der Waals surface area contributed by atoms with Crippen molar-refractivity contribution in [3.8, 4) is 5.75 Å². The molecule has 0 aliphatic carbocycles. The Morgan fingerprint density at radius 3 is 2.41 bits per heavy atom. The van der Waals surface area contributed by atoms with E-state index in [-0.39, 0.29) is 24.0 Å². The maximum atomic E-state index is 13.9. The summed E-state index contributed by atoms with van der Waals surface area (Å²) in [6.45, 7) is 5.36. The quantitative estimate of drug-likeness (QED) is 0.336. The molecule has 0 radical (unpaired) electrons. The van der Waals surface area contributed by atoms with Crippen molar-refractivity contribution in [2.75, 3.05) is 7.11 Å². The van der Waals surface area contributed by atoms with E-state index in [0.717, 1.165) is 11.6 Å². The van der Waals surface area contributed by atoms with E-state index >= 15 is 0 Å². The van der Waals surface area contributed by atoms with Gasteiger partial charge in [-0.2, -0.15) is 13.2 Å². The van der Waals surface area contributed by atoms with Crippen LogP contribution in [0.25, 0.3) is 0 Å². The summed E-state index contributed by atoms with van der Waals surface area (Å²) in [5.74, 6) is -0.706. The molecule has 0 bridgehead atoms. The molecule has 1 aliphatic rings. The van der Waals surface area contributed by atoms with Gasteiger partial charge in [0.15, 0.2) is 0 Å². The van der Waals surface area contributed by atoms with Crippen molar-refractivity contribution in [2.24, 2.45) is 0 Å². The van der Waals surface area contributed by atoms with Crippen LogP contribution in [0.15, 0.2) is 54.6 Å². The van der Waals surface area contributed by atoms with Gasteiger partial charge in [-0.1, -0.05) is 36.4 Å². The van der Waals surface area contributed by atoms with Crippen molar-refractivity contribution in [1.82, 2.24) is 4.98 Å². The molecule has 3 aromatic rings. The molecular formula is C28H30B2F3NO7. The van der Waals surface area contributed by atoms with E-state index in [0.29, 0.717) is 28.8 Å². The van der Waals surface area contributed by atoms with Crippen LogP contribution in [0.4, 0.5) is 13.2 Å². The van der Waals surface area contributed by atoms with E-state index in [2.05, 4.69) is 4.98 Å².